The number of halogens is 4. The van der Waals surface area contributed by atoms with Crippen molar-refractivity contribution < 1.29 is 22.3 Å². The summed E-state index contributed by atoms with van der Waals surface area (Å²) in [6.07, 6.45) is -0.553. The zero-order chi connectivity index (χ0) is 18.5. The molecule has 132 valence electrons. The van der Waals surface area contributed by atoms with Gasteiger partial charge in [0.25, 0.3) is 5.88 Å². The average molecular weight is 345 g/mol. The minimum Gasteiger partial charge on any atom is -0.460 e. The van der Waals surface area contributed by atoms with Crippen LogP contribution in [0.5, 0.6) is 5.88 Å². The first-order valence-electron chi connectivity index (χ1n) is 7.30. The van der Waals surface area contributed by atoms with E-state index in [0.29, 0.717) is 17.0 Å². The summed E-state index contributed by atoms with van der Waals surface area (Å²) in [5.41, 5.74) is -1.21. The Bertz CT molecular complexity index is 670. The third-order valence-corrected chi connectivity index (χ3v) is 2.92. The highest BCUT2D eigenvalue weighted by molar-refractivity contribution is 5.57. The predicted octanol–water partition coefficient (Wildman–Crippen LogP) is 4.73. The zero-order valence-corrected chi connectivity index (χ0v) is 14.1. The summed E-state index contributed by atoms with van der Waals surface area (Å²) in [6, 6.07) is 1.01. The van der Waals surface area contributed by atoms with Gasteiger partial charge >= 0.3 is 6.18 Å². The SMILES string of the molecule is CC.Cc1cnc(-c2cnc(OC(C)(C)C(F)(F)F)c(F)c2)cn1. The van der Waals surface area contributed by atoms with Crippen LogP contribution in [-0.2, 0) is 0 Å². The Morgan fingerprint density at radius 1 is 0.958 bits per heavy atom. The lowest BCUT2D eigenvalue weighted by Crippen LogP contribution is -2.45. The van der Waals surface area contributed by atoms with E-state index < -0.39 is 23.5 Å². The summed E-state index contributed by atoms with van der Waals surface area (Å²) in [4.78, 5) is 11.7. The molecule has 0 aliphatic rings. The summed E-state index contributed by atoms with van der Waals surface area (Å²) in [7, 11) is 0. The number of aryl methyl sites for hydroxylation is 1. The molecule has 0 aliphatic carbocycles. The molecule has 0 aromatic carbocycles. The summed E-state index contributed by atoms with van der Waals surface area (Å²) >= 11 is 0. The van der Waals surface area contributed by atoms with E-state index in [1.54, 1.807) is 6.92 Å². The lowest BCUT2D eigenvalue weighted by molar-refractivity contribution is -0.235. The quantitative estimate of drug-likeness (QED) is 0.755. The molecule has 0 saturated carbocycles. The molecule has 2 aromatic rings. The summed E-state index contributed by atoms with van der Waals surface area (Å²) in [6.45, 7) is 7.34. The van der Waals surface area contributed by atoms with Crippen LogP contribution in [0.4, 0.5) is 17.6 Å². The summed E-state index contributed by atoms with van der Waals surface area (Å²) in [5.74, 6) is -1.72. The second-order valence-corrected chi connectivity index (χ2v) is 5.16. The molecule has 0 N–H and O–H groups in total. The molecule has 0 saturated heterocycles. The van der Waals surface area contributed by atoms with Gasteiger partial charge in [-0.25, -0.2) is 9.37 Å². The van der Waals surface area contributed by atoms with E-state index in [1.807, 2.05) is 13.8 Å². The third kappa shape index (κ3) is 4.62. The fourth-order valence-corrected chi connectivity index (χ4v) is 1.48. The monoisotopic (exact) mass is 345 g/mol. The van der Waals surface area contributed by atoms with Crippen LogP contribution in [0.2, 0.25) is 0 Å². The maximum atomic E-state index is 13.9. The number of ether oxygens (including phenoxy) is 1. The molecule has 0 radical (unpaired) electrons. The average Bonchev–Trinajstić information content (AvgIpc) is 2.51. The molecule has 4 nitrogen and oxygen atoms in total. The first kappa shape index (κ1) is 19.8. The number of hydrogen-bond acceptors (Lipinski definition) is 4. The molecule has 2 rings (SSSR count). The topological polar surface area (TPSA) is 47.9 Å². The Morgan fingerprint density at radius 2 is 1.58 bits per heavy atom. The molecule has 0 atom stereocenters. The van der Waals surface area contributed by atoms with E-state index in [1.165, 1.54) is 18.6 Å². The fraction of sp³-hybridized carbons (Fsp3) is 0.438. The number of alkyl halides is 3. The van der Waals surface area contributed by atoms with E-state index in [-0.39, 0.29) is 0 Å². The lowest BCUT2D eigenvalue weighted by atomic mass is 10.1. The number of aromatic nitrogens is 3. The van der Waals surface area contributed by atoms with Gasteiger partial charge < -0.3 is 4.74 Å². The largest absolute Gasteiger partial charge is 0.460 e. The van der Waals surface area contributed by atoms with E-state index in [2.05, 4.69) is 19.7 Å². The van der Waals surface area contributed by atoms with Crippen molar-refractivity contribution in [3.05, 3.63) is 36.2 Å². The third-order valence-electron chi connectivity index (χ3n) is 2.92. The Morgan fingerprint density at radius 3 is 2.04 bits per heavy atom. The first-order chi connectivity index (χ1) is 11.1. The van der Waals surface area contributed by atoms with Gasteiger partial charge in [-0.3, -0.25) is 9.97 Å². The molecule has 2 heterocycles. The Kier molecular flexibility index (Phi) is 6.22. The molecule has 0 bridgehead atoms. The van der Waals surface area contributed by atoms with Crippen LogP contribution in [0.3, 0.4) is 0 Å². The van der Waals surface area contributed by atoms with E-state index in [0.717, 1.165) is 19.9 Å². The molecule has 24 heavy (non-hydrogen) atoms. The van der Waals surface area contributed by atoms with Crippen molar-refractivity contribution in [2.75, 3.05) is 0 Å². The van der Waals surface area contributed by atoms with Crippen molar-refractivity contribution in [1.82, 2.24) is 15.0 Å². The fourth-order valence-electron chi connectivity index (χ4n) is 1.48. The maximum absolute atomic E-state index is 13.9. The smallest absolute Gasteiger partial charge is 0.427 e. The van der Waals surface area contributed by atoms with Crippen LogP contribution in [0.25, 0.3) is 11.3 Å². The van der Waals surface area contributed by atoms with Crippen molar-refractivity contribution in [3.63, 3.8) is 0 Å². The first-order valence-corrected chi connectivity index (χ1v) is 7.30. The molecule has 0 spiro atoms. The number of hydrogen-bond donors (Lipinski definition) is 0. The van der Waals surface area contributed by atoms with Gasteiger partial charge in [0.1, 0.15) is 0 Å². The van der Waals surface area contributed by atoms with Gasteiger partial charge in [0.2, 0.25) is 0 Å². The minimum atomic E-state index is -4.65. The van der Waals surface area contributed by atoms with Crippen LogP contribution >= 0.6 is 0 Å². The molecule has 2 aromatic heterocycles. The maximum Gasteiger partial charge on any atom is 0.427 e. The Labute approximate surface area is 137 Å². The van der Waals surface area contributed by atoms with Crippen LogP contribution in [-0.4, -0.2) is 26.7 Å². The van der Waals surface area contributed by atoms with E-state index in [9.17, 15) is 17.6 Å². The van der Waals surface area contributed by atoms with Gasteiger partial charge in [-0.05, 0) is 26.8 Å². The zero-order valence-electron chi connectivity index (χ0n) is 14.1. The molecule has 0 unspecified atom stereocenters. The predicted molar refractivity (Wildman–Crippen MR) is 82.1 cm³/mol. The molecule has 0 fully saturated rings. The summed E-state index contributed by atoms with van der Waals surface area (Å²) in [5, 5.41) is 0. The van der Waals surface area contributed by atoms with Crippen molar-refractivity contribution in [2.24, 2.45) is 0 Å². The van der Waals surface area contributed by atoms with Gasteiger partial charge in [-0.2, -0.15) is 13.2 Å². The van der Waals surface area contributed by atoms with Gasteiger partial charge in [0.05, 0.1) is 17.6 Å². The van der Waals surface area contributed by atoms with E-state index >= 15 is 0 Å². The molecular formula is C16H19F4N3O. The van der Waals surface area contributed by atoms with Crippen molar-refractivity contribution in [2.45, 2.75) is 46.4 Å². The highest BCUT2D eigenvalue weighted by atomic mass is 19.4. The molecule has 0 aliphatic heterocycles. The Balaban J connectivity index is 0.00000139. The second-order valence-electron chi connectivity index (χ2n) is 5.16. The van der Waals surface area contributed by atoms with Gasteiger partial charge in [-0.15, -0.1) is 0 Å². The molecule has 0 amide bonds. The van der Waals surface area contributed by atoms with Gasteiger partial charge in [-0.1, -0.05) is 13.8 Å². The highest BCUT2D eigenvalue weighted by Gasteiger charge is 2.50. The Hall–Kier alpha value is -2.25. The summed E-state index contributed by atoms with van der Waals surface area (Å²) < 4.78 is 56.8. The van der Waals surface area contributed by atoms with Crippen molar-refractivity contribution in [1.29, 1.82) is 0 Å². The highest BCUT2D eigenvalue weighted by Crippen LogP contribution is 2.34. The number of nitrogens with zero attached hydrogens (tertiary/aromatic N) is 3. The minimum absolute atomic E-state index is 0.294. The molecular weight excluding hydrogens is 326 g/mol. The standard InChI is InChI=1S/C14H13F4N3O.C2H6/c1-8-5-20-11(7-19-8)9-4-10(15)12(21-6-9)22-13(2,3)14(16,17)18;1-2/h4-7H,1-3H3;1-2H3. The lowest BCUT2D eigenvalue weighted by Gasteiger charge is -2.28. The van der Waals surface area contributed by atoms with Crippen LogP contribution in [0.15, 0.2) is 24.7 Å². The van der Waals surface area contributed by atoms with Gasteiger partial charge in [0.15, 0.2) is 11.4 Å². The van der Waals surface area contributed by atoms with Crippen LogP contribution < -0.4 is 4.74 Å². The van der Waals surface area contributed by atoms with E-state index in [4.69, 9.17) is 0 Å². The number of rotatable bonds is 3. The normalized spacial score (nSPS) is 11.5. The van der Waals surface area contributed by atoms with Crippen molar-refractivity contribution in [3.8, 4) is 17.1 Å². The second kappa shape index (κ2) is 7.55. The molecule has 8 heteroatoms. The van der Waals surface area contributed by atoms with Crippen LogP contribution in [0.1, 0.15) is 33.4 Å². The van der Waals surface area contributed by atoms with Crippen LogP contribution in [0, 0.1) is 12.7 Å². The van der Waals surface area contributed by atoms with Gasteiger partial charge in [0, 0.05) is 18.0 Å². The number of pyridine rings is 1. The van der Waals surface area contributed by atoms with Crippen molar-refractivity contribution >= 4 is 0 Å².